The molecule has 22 heavy (non-hydrogen) atoms. The van der Waals surface area contributed by atoms with E-state index in [0.717, 1.165) is 36.9 Å². The molecule has 1 aliphatic heterocycles. The fourth-order valence-electron chi connectivity index (χ4n) is 2.57. The Bertz CT molecular complexity index is 490. The summed E-state index contributed by atoms with van der Waals surface area (Å²) in [7, 11) is 1.66. The second kappa shape index (κ2) is 8.36. The molecule has 1 fully saturated rings. The highest BCUT2D eigenvalue weighted by molar-refractivity contribution is 6.30. The van der Waals surface area contributed by atoms with Crippen molar-refractivity contribution in [1.82, 2.24) is 10.2 Å². The van der Waals surface area contributed by atoms with Gasteiger partial charge in [0.1, 0.15) is 0 Å². The zero-order chi connectivity index (χ0) is 15.9. The van der Waals surface area contributed by atoms with Gasteiger partial charge in [-0.25, -0.2) is 0 Å². The zero-order valence-corrected chi connectivity index (χ0v) is 14.0. The summed E-state index contributed by atoms with van der Waals surface area (Å²) in [5, 5.41) is 3.93. The largest absolute Gasteiger partial charge is 0.383 e. The van der Waals surface area contributed by atoms with Crippen LogP contribution in [0.4, 0.5) is 5.69 Å². The Morgan fingerprint density at radius 2 is 2.09 bits per heavy atom. The van der Waals surface area contributed by atoms with Gasteiger partial charge < -0.3 is 19.9 Å². The van der Waals surface area contributed by atoms with Gasteiger partial charge in [-0.15, -0.1) is 0 Å². The standard InChI is InChI=1S/C16H24ClN3O2/c1-13(12-22-2)18-11-16(21)20-8-6-19(7-9-20)15-5-3-4-14(17)10-15/h3-5,10,13,18H,6-9,11-12H2,1-2H3. The van der Waals surface area contributed by atoms with Crippen molar-refractivity contribution in [3.05, 3.63) is 29.3 Å². The smallest absolute Gasteiger partial charge is 0.236 e. The van der Waals surface area contributed by atoms with Crippen LogP contribution in [0.15, 0.2) is 24.3 Å². The summed E-state index contributed by atoms with van der Waals surface area (Å²) in [5.41, 5.74) is 1.12. The monoisotopic (exact) mass is 325 g/mol. The van der Waals surface area contributed by atoms with Crippen LogP contribution in [-0.4, -0.2) is 63.3 Å². The van der Waals surface area contributed by atoms with Crippen LogP contribution in [0.5, 0.6) is 0 Å². The third kappa shape index (κ3) is 4.87. The molecule has 5 nitrogen and oxygen atoms in total. The minimum atomic E-state index is 0.147. The number of carbonyl (C=O) groups is 1. The van der Waals surface area contributed by atoms with Gasteiger partial charge in [-0.2, -0.15) is 0 Å². The number of carbonyl (C=O) groups excluding carboxylic acids is 1. The first-order valence-corrected chi connectivity index (χ1v) is 7.98. The van der Waals surface area contributed by atoms with E-state index in [1.807, 2.05) is 30.0 Å². The van der Waals surface area contributed by atoms with Crippen molar-refractivity contribution in [2.75, 3.05) is 51.3 Å². The van der Waals surface area contributed by atoms with Crippen LogP contribution in [0.1, 0.15) is 6.92 Å². The lowest BCUT2D eigenvalue weighted by Crippen LogP contribution is -2.51. The first-order chi connectivity index (χ1) is 10.6. The van der Waals surface area contributed by atoms with E-state index in [1.54, 1.807) is 7.11 Å². The molecule has 1 aromatic rings. The first-order valence-electron chi connectivity index (χ1n) is 7.60. The number of hydrogen-bond donors (Lipinski definition) is 1. The number of benzene rings is 1. The summed E-state index contributed by atoms with van der Waals surface area (Å²) in [5.74, 6) is 0.147. The number of ether oxygens (including phenoxy) is 1. The van der Waals surface area contributed by atoms with Crippen LogP contribution in [0.3, 0.4) is 0 Å². The summed E-state index contributed by atoms with van der Waals surface area (Å²) < 4.78 is 5.05. The van der Waals surface area contributed by atoms with Gasteiger partial charge in [-0.1, -0.05) is 17.7 Å². The normalized spacial score (nSPS) is 16.7. The number of amides is 1. The molecule has 1 aromatic carbocycles. The number of rotatable bonds is 6. The molecule has 0 spiro atoms. The van der Waals surface area contributed by atoms with E-state index >= 15 is 0 Å². The maximum Gasteiger partial charge on any atom is 0.236 e. The van der Waals surface area contributed by atoms with Crippen molar-refractivity contribution in [1.29, 1.82) is 0 Å². The van der Waals surface area contributed by atoms with Crippen LogP contribution in [-0.2, 0) is 9.53 Å². The Morgan fingerprint density at radius 3 is 2.73 bits per heavy atom. The SMILES string of the molecule is COCC(C)NCC(=O)N1CCN(c2cccc(Cl)c2)CC1. The average Bonchev–Trinajstić information content (AvgIpc) is 2.53. The second-order valence-corrected chi connectivity index (χ2v) is 6.02. The van der Waals surface area contributed by atoms with Gasteiger partial charge in [0.05, 0.1) is 13.2 Å². The lowest BCUT2D eigenvalue weighted by atomic mass is 10.2. The Balaban J connectivity index is 1.78. The van der Waals surface area contributed by atoms with Crippen LogP contribution in [0, 0.1) is 0 Å². The van der Waals surface area contributed by atoms with Crippen molar-refractivity contribution in [2.45, 2.75) is 13.0 Å². The highest BCUT2D eigenvalue weighted by Crippen LogP contribution is 2.20. The Morgan fingerprint density at radius 1 is 1.36 bits per heavy atom. The third-order valence-electron chi connectivity index (χ3n) is 3.82. The van der Waals surface area contributed by atoms with E-state index in [9.17, 15) is 4.79 Å². The molecule has 1 saturated heterocycles. The Kier molecular flexibility index (Phi) is 6.49. The summed E-state index contributed by atoms with van der Waals surface area (Å²) in [6.07, 6.45) is 0. The van der Waals surface area contributed by atoms with Gasteiger partial charge in [-0.05, 0) is 25.1 Å². The maximum absolute atomic E-state index is 12.2. The Hall–Kier alpha value is -1.30. The predicted molar refractivity (Wildman–Crippen MR) is 89.6 cm³/mol. The summed E-state index contributed by atoms with van der Waals surface area (Å²) in [6.45, 7) is 6.13. The number of nitrogens with one attached hydrogen (secondary N) is 1. The van der Waals surface area contributed by atoms with E-state index in [4.69, 9.17) is 16.3 Å². The molecular formula is C16H24ClN3O2. The van der Waals surface area contributed by atoms with Gasteiger partial charge in [0.2, 0.25) is 5.91 Å². The number of hydrogen-bond acceptors (Lipinski definition) is 4. The van der Waals surface area contributed by atoms with E-state index in [2.05, 4.69) is 16.3 Å². The van der Waals surface area contributed by atoms with Gasteiger partial charge in [0.15, 0.2) is 0 Å². The third-order valence-corrected chi connectivity index (χ3v) is 4.06. The molecule has 1 aliphatic rings. The van der Waals surface area contributed by atoms with E-state index < -0.39 is 0 Å². The van der Waals surface area contributed by atoms with Gasteiger partial charge in [0.25, 0.3) is 0 Å². The Labute approximate surface area is 137 Å². The predicted octanol–water partition coefficient (Wildman–Crippen LogP) is 1.61. The second-order valence-electron chi connectivity index (χ2n) is 5.58. The molecule has 0 radical (unpaired) electrons. The molecule has 6 heteroatoms. The van der Waals surface area contributed by atoms with Crippen molar-refractivity contribution in [2.24, 2.45) is 0 Å². The minimum Gasteiger partial charge on any atom is -0.383 e. The number of halogens is 1. The highest BCUT2D eigenvalue weighted by Gasteiger charge is 2.21. The maximum atomic E-state index is 12.2. The van der Waals surface area contributed by atoms with Crippen molar-refractivity contribution in [3.63, 3.8) is 0 Å². The molecule has 1 N–H and O–H groups in total. The average molecular weight is 326 g/mol. The molecule has 1 amide bonds. The number of nitrogens with zero attached hydrogens (tertiary/aromatic N) is 2. The number of anilines is 1. The lowest BCUT2D eigenvalue weighted by Gasteiger charge is -2.36. The topological polar surface area (TPSA) is 44.8 Å². The van der Waals surface area contributed by atoms with Crippen LogP contribution >= 0.6 is 11.6 Å². The molecule has 0 bridgehead atoms. The molecular weight excluding hydrogens is 302 g/mol. The van der Waals surface area contributed by atoms with Crippen LogP contribution < -0.4 is 10.2 Å². The fraction of sp³-hybridized carbons (Fsp3) is 0.562. The van der Waals surface area contributed by atoms with E-state index in [0.29, 0.717) is 13.2 Å². The molecule has 1 heterocycles. The van der Waals surface area contributed by atoms with Crippen molar-refractivity contribution < 1.29 is 9.53 Å². The first kappa shape index (κ1) is 17.1. The molecule has 2 rings (SSSR count). The van der Waals surface area contributed by atoms with Gasteiger partial charge in [0, 0.05) is 50.0 Å². The molecule has 1 unspecified atom stereocenters. The minimum absolute atomic E-state index is 0.147. The molecule has 122 valence electrons. The quantitative estimate of drug-likeness (QED) is 0.863. The fourth-order valence-corrected chi connectivity index (χ4v) is 2.75. The van der Waals surface area contributed by atoms with Gasteiger partial charge >= 0.3 is 0 Å². The molecule has 0 aromatic heterocycles. The number of piperazine rings is 1. The molecule has 0 saturated carbocycles. The lowest BCUT2D eigenvalue weighted by molar-refractivity contribution is -0.130. The van der Waals surface area contributed by atoms with Crippen LogP contribution in [0.25, 0.3) is 0 Å². The number of methoxy groups -OCH3 is 1. The highest BCUT2D eigenvalue weighted by atomic mass is 35.5. The summed E-state index contributed by atoms with van der Waals surface area (Å²) >= 11 is 6.03. The van der Waals surface area contributed by atoms with Crippen molar-refractivity contribution in [3.8, 4) is 0 Å². The van der Waals surface area contributed by atoms with E-state index in [1.165, 1.54) is 0 Å². The van der Waals surface area contributed by atoms with Crippen molar-refractivity contribution >= 4 is 23.2 Å². The van der Waals surface area contributed by atoms with E-state index in [-0.39, 0.29) is 11.9 Å². The molecule has 1 atom stereocenters. The summed E-state index contributed by atoms with van der Waals surface area (Å²) in [4.78, 5) is 16.4. The van der Waals surface area contributed by atoms with Crippen LogP contribution in [0.2, 0.25) is 5.02 Å². The molecule has 0 aliphatic carbocycles. The van der Waals surface area contributed by atoms with Gasteiger partial charge in [-0.3, -0.25) is 4.79 Å². The zero-order valence-electron chi connectivity index (χ0n) is 13.2. The summed E-state index contributed by atoms with van der Waals surface area (Å²) in [6, 6.07) is 8.03.